The van der Waals surface area contributed by atoms with Crippen LogP contribution in [0.5, 0.6) is 0 Å². The van der Waals surface area contributed by atoms with E-state index in [4.69, 9.17) is 15.2 Å². The van der Waals surface area contributed by atoms with Crippen LogP contribution in [-0.4, -0.2) is 56.4 Å². The van der Waals surface area contributed by atoms with Crippen molar-refractivity contribution in [2.75, 3.05) is 33.4 Å². The van der Waals surface area contributed by atoms with Crippen molar-refractivity contribution < 1.29 is 14.3 Å². The van der Waals surface area contributed by atoms with Gasteiger partial charge in [0.05, 0.1) is 19.1 Å². The van der Waals surface area contributed by atoms with E-state index in [0.29, 0.717) is 13.2 Å². The first-order valence-electron chi connectivity index (χ1n) is 5.89. The van der Waals surface area contributed by atoms with Gasteiger partial charge < -0.3 is 20.1 Å². The van der Waals surface area contributed by atoms with E-state index < -0.39 is 0 Å². The molecule has 2 heterocycles. The minimum Gasteiger partial charge on any atom is -0.462 e. The Morgan fingerprint density at radius 1 is 1.38 bits per heavy atom. The van der Waals surface area contributed by atoms with Gasteiger partial charge in [-0.3, -0.25) is 4.79 Å². The highest BCUT2D eigenvalue weighted by Crippen LogP contribution is 2.18. The van der Waals surface area contributed by atoms with Gasteiger partial charge in [-0.15, -0.1) is 0 Å². The number of hydrogen-bond donors (Lipinski definition) is 1. The lowest BCUT2D eigenvalue weighted by Gasteiger charge is -2.29. The van der Waals surface area contributed by atoms with Gasteiger partial charge in [0, 0.05) is 19.1 Å². The Bertz CT molecular complexity index is 252. The van der Waals surface area contributed by atoms with Crippen LogP contribution in [0.4, 0.5) is 0 Å². The molecule has 2 unspecified atom stereocenters. The van der Waals surface area contributed by atoms with Crippen LogP contribution in [0.25, 0.3) is 0 Å². The van der Waals surface area contributed by atoms with E-state index in [2.05, 4.69) is 11.9 Å². The zero-order valence-electron chi connectivity index (χ0n) is 9.72. The maximum absolute atomic E-state index is 11.8. The molecule has 0 aromatic rings. The fourth-order valence-corrected chi connectivity index (χ4v) is 2.17. The normalized spacial score (nSPS) is 32.9. The zero-order chi connectivity index (χ0) is 11.5. The lowest BCUT2D eigenvalue weighted by Crippen LogP contribution is -2.40. The summed E-state index contributed by atoms with van der Waals surface area (Å²) in [7, 11) is 2.08. The molecule has 0 aromatic heterocycles. The highest BCUT2D eigenvalue weighted by Gasteiger charge is 2.34. The van der Waals surface area contributed by atoms with Crippen molar-refractivity contribution in [1.82, 2.24) is 4.90 Å². The van der Waals surface area contributed by atoms with Crippen molar-refractivity contribution >= 4 is 5.97 Å². The van der Waals surface area contributed by atoms with Crippen LogP contribution in [0.1, 0.15) is 12.8 Å². The molecule has 0 bridgehead atoms. The maximum Gasteiger partial charge on any atom is 0.313 e. The smallest absolute Gasteiger partial charge is 0.313 e. The lowest BCUT2D eigenvalue weighted by molar-refractivity contribution is -0.156. The Balaban J connectivity index is 1.78. The van der Waals surface area contributed by atoms with Crippen LogP contribution in [0, 0.1) is 5.92 Å². The van der Waals surface area contributed by atoms with Crippen LogP contribution < -0.4 is 5.73 Å². The molecule has 5 nitrogen and oxygen atoms in total. The summed E-state index contributed by atoms with van der Waals surface area (Å²) in [6.45, 7) is 2.86. The molecule has 92 valence electrons. The molecule has 2 aliphatic heterocycles. The molecule has 2 aliphatic rings. The SMILES string of the molecule is CN1CCC(OC(=O)C2COCC2N)CC1. The molecule has 2 rings (SSSR count). The standard InChI is InChI=1S/C11H20N2O3/c1-13-4-2-8(3-5-13)16-11(14)9-6-15-7-10(9)12/h8-10H,2-7,12H2,1H3. The van der Waals surface area contributed by atoms with Gasteiger partial charge in [-0.2, -0.15) is 0 Å². The first-order valence-corrected chi connectivity index (χ1v) is 5.89. The van der Waals surface area contributed by atoms with E-state index in [1.165, 1.54) is 0 Å². The largest absolute Gasteiger partial charge is 0.462 e. The van der Waals surface area contributed by atoms with Gasteiger partial charge >= 0.3 is 5.97 Å². The number of nitrogens with two attached hydrogens (primary N) is 1. The minimum atomic E-state index is -0.264. The van der Waals surface area contributed by atoms with Gasteiger partial charge in [-0.1, -0.05) is 0 Å². The lowest BCUT2D eigenvalue weighted by atomic mass is 10.0. The number of carbonyl (C=O) groups excluding carboxylic acids is 1. The Morgan fingerprint density at radius 2 is 2.06 bits per heavy atom. The average molecular weight is 228 g/mol. The van der Waals surface area contributed by atoms with Gasteiger partial charge in [-0.25, -0.2) is 0 Å². The number of likely N-dealkylation sites (tertiary alicyclic amines) is 1. The first kappa shape index (κ1) is 11.8. The van der Waals surface area contributed by atoms with Gasteiger partial charge in [0.15, 0.2) is 0 Å². The number of carbonyl (C=O) groups is 1. The van der Waals surface area contributed by atoms with Crippen LogP contribution in [-0.2, 0) is 14.3 Å². The number of esters is 1. The van der Waals surface area contributed by atoms with E-state index in [9.17, 15) is 4.79 Å². The Kier molecular flexibility index (Phi) is 3.78. The molecule has 0 aliphatic carbocycles. The van der Waals surface area contributed by atoms with Crippen molar-refractivity contribution in [1.29, 1.82) is 0 Å². The predicted octanol–water partition coefficient (Wildman–Crippen LogP) is -0.402. The van der Waals surface area contributed by atoms with Crippen LogP contribution in [0.15, 0.2) is 0 Å². The molecule has 0 radical (unpaired) electrons. The average Bonchev–Trinajstić information content (AvgIpc) is 2.68. The van der Waals surface area contributed by atoms with Crippen LogP contribution in [0.3, 0.4) is 0 Å². The van der Waals surface area contributed by atoms with Gasteiger partial charge in [0.2, 0.25) is 0 Å². The van der Waals surface area contributed by atoms with Crippen molar-refractivity contribution in [3.63, 3.8) is 0 Å². The number of piperidine rings is 1. The van der Waals surface area contributed by atoms with Crippen LogP contribution >= 0.6 is 0 Å². The summed E-state index contributed by atoms with van der Waals surface area (Å²) in [5.74, 6) is -0.445. The number of ether oxygens (including phenoxy) is 2. The van der Waals surface area contributed by atoms with Crippen molar-refractivity contribution in [2.45, 2.75) is 25.0 Å². The Labute approximate surface area is 95.9 Å². The molecule has 2 N–H and O–H groups in total. The maximum atomic E-state index is 11.8. The third-order valence-corrected chi connectivity index (χ3v) is 3.38. The molecule has 5 heteroatoms. The van der Waals surface area contributed by atoms with Crippen molar-refractivity contribution in [2.24, 2.45) is 11.7 Å². The molecular formula is C11H20N2O3. The van der Waals surface area contributed by atoms with E-state index >= 15 is 0 Å². The third-order valence-electron chi connectivity index (χ3n) is 3.38. The molecule has 2 saturated heterocycles. The molecular weight excluding hydrogens is 208 g/mol. The molecule has 0 saturated carbocycles. The van der Waals surface area contributed by atoms with E-state index in [1.807, 2.05) is 0 Å². The summed E-state index contributed by atoms with van der Waals surface area (Å²) in [6.07, 6.45) is 1.91. The summed E-state index contributed by atoms with van der Waals surface area (Å²) in [4.78, 5) is 14.1. The third kappa shape index (κ3) is 2.72. The summed E-state index contributed by atoms with van der Waals surface area (Å²) < 4.78 is 10.6. The predicted molar refractivity (Wildman–Crippen MR) is 58.9 cm³/mol. The van der Waals surface area contributed by atoms with Gasteiger partial charge in [0.25, 0.3) is 0 Å². The summed E-state index contributed by atoms with van der Waals surface area (Å²) in [5, 5.41) is 0. The quantitative estimate of drug-likeness (QED) is 0.651. The monoisotopic (exact) mass is 228 g/mol. The van der Waals surface area contributed by atoms with Crippen molar-refractivity contribution in [3.8, 4) is 0 Å². The highest BCUT2D eigenvalue weighted by molar-refractivity contribution is 5.74. The molecule has 2 atom stereocenters. The second-order valence-corrected chi connectivity index (χ2v) is 4.75. The molecule has 0 amide bonds. The van der Waals surface area contributed by atoms with Crippen LogP contribution in [0.2, 0.25) is 0 Å². The second kappa shape index (κ2) is 5.12. The van der Waals surface area contributed by atoms with Gasteiger partial charge in [-0.05, 0) is 19.9 Å². The molecule has 0 spiro atoms. The number of nitrogens with zero attached hydrogens (tertiary/aromatic N) is 1. The summed E-state index contributed by atoms with van der Waals surface area (Å²) >= 11 is 0. The van der Waals surface area contributed by atoms with E-state index in [1.54, 1.807) is 0 Å². The Morgan fingerprint density at radius 3 is 2.62 bits per heavy atom. The first-order chi connectivity index (χ1) is 7.66. The Hall–Kier alpha value is -0.650. The zero-order valence-corrected chi connectivity index (χ0v) is 9.72. The molecule has 2 fully saturated rings. The fraction of sp³-hybridized carbons (Fsp3) is 0.909. The van der Waals surface area contributed by atoms with Crippen molar-refractivity contribution in [3.05, 3.63) is 0 Å². The number of rotatable bonds is 2. The number of hydrogen-bond acceptors (Lipinski definition) is 5. The molecule has 16 heavy (non-hydrogen) atoms. The molecule has 0 aromatic carbocycles. The van der Waals surface area contributed by atoms with E-state index in [0.717, 1.165) is 25.9 Å². The minimum absolute atomic E-state index is 0.0662. The fourth-order valence-electron chi connectivity index (χ4n) is 2.17. The highest BCUT2D eigenvalue weighted by atomic mass is 16.5. The second-order valence-electron chi connectivity index (χ2n) is 4.75. The summed E-state index contributed by atoms with van der Waals surface area (Å²) in [5.41, 5.74) is 5.77. The topological polar surface area (TPSA) is 64.8 Å². The van der Waals surface area contributed by atoms with E-state index in [-0.39, 0.29) is 24.0 Å². The van der Waals surface area contributed by atoms with Gasteiger partial charge in [0.1, 0.15) is 6.10 Å². The summed E-state index contributed by atoms with van der Waals surface area (Å²) in [6, 6.07) is -0.196.